The SMILES string of the molecule is Cc1ccc(Oc2nc3cc(-c4cccc(-c5ccccc5)c4O)c(F)cc3[nH]2)cc1-c1nn[nH]n1. The number of ether oxygens (including phenoxy) is 1. The molecule has 0 amide bonds. The van der Waals surface area contributed by atoms with Gasteiger partial charge < -0.3 is 14.8 Å². The van der Waals surface area contributed by atoms with Crippen molar-refractivity contribution in [1.82, 2.24) is 30.6 Å². The number of aromatic amines is 2. The second kappa shape index (κ2) is 8.62. The number of nitrogens with one attached hydrogen (secondary N) is 2. The van der Waals surface area contributed by atoms with Crippen molar-refractivity contribution >= 4 is 11.0 Å². The van der Waals surface area contributed by atoms with E-state index in [1.165, 1.54) is 6.07 Å². The van der Waals surface area contributed by atoms with Crippen LogP contribution in [0.1, 0.15) is 5.56 Å². The Hall–Kier alpha value is -5.05. The van der Waals surface area contributed by atoms with Crippen LogP contribution in [0.25, 0.3) is 44.7 Å². The molecule has 2 heterocycles. The van der Waals surface area contributed by atoms with Crippen molar-refractivity contribution in [3.05, 3.63) is 90.2 Å². The number of aryl methyl sites for hydroxylation is 1. The summed E-state index contributed by atoms with van der Waals surface area (Å²) in [5, 5.41) is 25.1. The molecule has 0 saturated heterocycles. The molecule has 0 saturated carbocycles. The lowest BCUT2D eigenvalue weighted by atomic mass is 9.97. The quantitative estimate of drug-likeness (QED) is 0.279. The highest BCUT2D eigenvalue weighted by atomic mass is 19.1. The number of tetrazole rings is 1. The maximum absolute atomic E-state index is 15.2. The molecule has 4 aromatic carbocycles. The number of fused-ring (bicyclic) bond motifs is 1. The molecule has 9 heteroatoms. The number of phenols is 1. The molecule has 2 aromatic heterocycles. The van der Waals surface area contributed by atoms with E-state index in [4.69, 9.17) is 4.74 Å². The van der Waals surface area contributed by atoms with Crippen molar-refractivity contribution in [2.45, 2.75) is 6.92 Å². The van der Waals surface area contributed by atoms with Gasteiger partial charge in [-0.05, 0) is 41.5 Å². The van der Waals surface area contributed by atoms with E-state index >= 15 is 4.39 Å². The second-order valence-electron chi connectivity index (χ2n) is 8.27. The van der Waals surface area contributed by atoms with Crippen LogP contribution in [0.2, 0.25) is 0 Å². The van der Waals surface area contributed by atoms with Crippen LogP contribution >= 0.6 is 0 Å². The number of aromatic hydroxyl groups is 1. The molecule has 0 spiro atoms. The number of halogens is 1. The van der Waals surface area contributed by atoms with E-state index in [9.17, 15) is 5.11 Å². The Morgan fingerprint density at radius 2 is 1.69 bits per heavy atom. The van der Waals surface area contributed by atoms with E-state index in [2.05, 4.69) is 30.6 Å². The zero-order chi connectivity index (χ0) is 24.6. The number of hydrogen-bond acceptors (Lipinski definition) is 6. The van der Waals surface area contributed by atoms with Gasteiger partial charge in [0, 0.05) is 28.3 Å². The summed E-state index contributed by atoms with van der Waals surface area (Å²) in [5.74, 6) is 0.468. The average Bonchev–Trinajstić information content (AvgIpc) is 3.55. The molecule has 6 aromatic rings. The van der Waals surface area contributed by atoms with Crippen LogP contribution in [0, 0.1) is 12.7 Å². The third-order valence-electron chi connectivity index (χ3n) is 5.97. The highest BCUT2D eigenvalue weighted by Gasteiger charge is 2.17. The lowest BCUT2D eigenvalue weighted by Gasteiger charge is -2.11. The number of imidazole rings is 1. The van der Waals surface area contributed by atoms with Crippen LogP contribution in [-0.2, 0) is 0 Å². The van der Waals surface area contributed by atoms with Crippen molar-refractivity contribution in [1.29, 1.82) is 0 Å². The van der Waals surface area contributed by atoms with Gasteiger partial charge >= 0.3 is 0 Å². The third kappa shape index (κ3) is 3.82. The molecule has 0 aliphatic rings. The molecule has 0 bridgehead atoms. The Labute approximate surface area is 204 Å². The number of nitrogens with zero attached hydrogens (tertiary/aromatic N) is 4. The van der Waals surface area contributed by atoms with Gasteiger partial charge in [0.25, 0.3) is 6.01 Å². The molecule has 0 atom stereocenters. The van der Waals surface area contributed by atoms with Crippen molar-refractivity contribution in [3.63, 3.8) is 0 Å². The molecule has 36 heavy (non-hydrogen) atoms. The van der Waals surface area contributed by atoms with Crippen molar-refractivity contribution in [2.75, 3.05) is 0 Å². The number of H-pyrrole nitrogens is 2. The molecule has 0 aliphatic heterocycles. The van der Waals surface area contributed by atoms with E-state index in [1.807, 2.05) is 43.3 Å². The number of rotatable bonds is 5. The molecular weight excluding hydrogens is 459 g/mol. The van der Waals surface area contributed by atoms with E-state index in [0.29, 0.717) is 33.7 Å². The summed E-state index contributed by atoms with van der Waals surface area (Å²) in [4.78, 5) is 7.48. The highest BCUT2D eigenvalue weighted by Crippen LogP contribution is 2.40. The molecule has 3 N–H and O–H groups in total. The minimum absolute atomic E-state index is 0.00242. The molecular formula is C27H19FN6O2. The van der Waals surface area contributed by atoms with Crippen molar-refractivity contribution < 1.29 is 14.2 Å². The molecule has 6 rings (SSSR count). The Bertz CT molecular complexity index is 1700. The smallest absolute Gasteiger partial charge is 0.300 e. The summed E-state index contributed by atoms with van der Waals surface area (Å²) in [7, 11) is 0. The predicted octanol–water partition coefficient (Wildman–Crippen LogP) is 6.02. The minimum Gasteiger partial charge on any atom is -0.507 e. The Morgan fingerprint density at radius 3 is 2.50 bits per heavy atom. The van der Waals surface area contributed by atoms with Gasteiger partial charge in [-0.2, -0.15) is 10.2 Å². The maximum atomic E-state index is 15.2. The molecule has 0 fully saturated rings. The first-order valence-corrected chi connectivity index (χ1v) is 11.2. The van der Waals surface area contributed by atoms with Gasteiger partial charge in [-0.3, -0.25) is 0 Å². The number of benzene rings is 4. The first-order valence-electron chi connectivity index (χ1n) is 11.2. The summed E-state index contributed by atoms with van der Waals surface area (Å²) < 4.78 is 21.1. The Morgan fingerprint density at radius 1 is 0.861 bits per heavy atom. The maximum Gasteiger partial charge on any atom is 0.300 e. The minimum atomic E-state index is -0.493. The van der Waals surface area contributed by atoms with Crippen LogP contribution < -0.4 is 4.74 Å². The van der Waals surface area contributed by atoms with Crippen LogP contribution in [0.5, 0.6) is 17.5 Å². The summed E-state index contributed by atoms with van der Waals surface area (Å²) in [6.45, 7) is 1.93. The van der Waals surface area contributed by atoms with Crippen LogP contribution in [0.15, 0.2) is 78.9 Å². The fourth-order valence-corrected chi connectivity index (χ4v) is 4.17. The highest BCUT2D eigenvalue weighted by molar-refractivity contribution is 5.87. The van der Waals surface area contributed by atoms with Gasteiger partial charge in [0.15, 0.2) is 0 Å². The normalized spacial score (nSPS) is 11.2. The molecule has 0 radical (unpaired) electrons. The Balaban J connectivity index is 1.36. The van der Waals surface area contributed by atoms with Crippen LogP contribution in [-0.4, -0.2) is 35.7 Å². The summed E-state index contributed by atoms with van der Waals surface area (Å²) >= 11 is 0. The first-order chi connectivity index (χ1) is 17.6. The van der Waals surface area contributed by atoms with Gasteiger partial charge in [0.1, 0.15) is 17.3 Å². The van der Waals surface area contributed by atoms with E-state index in [-0.39, 0.29) is 17.3 Å². The zero-order valence-corrected chi connectivity index (χ0v) is 19.0. The average molecular weight is 478 g/mol. The van der Waals surface area contributed by atoms with Gasteiger partial charge in [-0.1, -0.05) is 54.6 Å². The van der Waals surface area contributed by atoms with Crippen molar-refractivity contribution in [3.8, 4) is 51.2 Å². The monoisotopic (exact) mass is 478 g/mol. The van der Waals surface area contributed by atoms with Gasteiger partial charge in [-0.25, -0.2) is 4.39 Å². The first kappa shape index (κ1) is 21.5. The standard InChI is InChI=1S/C27H19FN6O2/c1-15-10-11-17(12-20(15)26-31-33-34-32-26)36-27-29-23-13-21(22(28)14-24(23)30-27)19-9-5-8-18(25(19)35)16-6-3-2-4-7-16/h2-14,35H,1H3,(H,29,30)(H,31,32,33,34). The molecule has 176 valence electrons. The molecule has 8 nitrogen and oxygen atoms in total. The van der Waals surface area contributed by atoms with Gasteiger partial charge in [0.2, 0.25) is 5.82 Å². The summed E-state index contributed by atoms with van der Waals surface area (Å²) in [5.41, 5.74) is 4.77. The van der Waals surface area contributed by atoms with E-state index in [1.54, 1.807) is 36.4 Å². The van der Waals surface area contributed by atoms with Gasteiger partial charge in [-0.15, -0.1) is 10.2 Å². The topological polar surface area (TPSA) is 113 Å². The largest absolute Gasteiger partial charge is 0.507 e. The summed E-state index contributed by atoms with van der Waals surface area (Å²) in [6, 6.07) is 23.3. The van der Waals surface area contributed by atoms with Crippen LogP contribution in [0.3, 0.4) is 0 Å². The molecule has 0 aliphatic carbocycles. The summed E-state index contributed by atoms with van der Waals surface area (Å²) in [6.07, 6.45) is 0. The van der Waals surface area contributed by atoms with Crippen LogP contribution in [0.4, 0.5) is 4.39 Å². The Kier molecular flexibility index (Phi) is 5.15. The third-order valence-corrected chi connectivity index (χ3v) is 5.97. The van der Waals surface area contributed by atoms with E-state index in [0.717, 1.165) is 16.7 Å². The number of phenolic OH excluding ortho intramolecular Hbond substituents is 1. The fraction of sp³-hybridized carbons (Fsp3) is 0.0370. The molecule has 0 unspecified atom stereocenters. The van der Waals surface area contributed by atoms with Crippen molar-refractivity contribution in [2.24, 2.45) is 0 Å². The fourth-order valence-electron chi connectivity index (χ4n) is 4.17. The number of aromatic nitrogens is 6. The lowest BCUT2D eigenvalue weighted by Crippen LogP contribution is -1.90. The predicted molar refractivity (Wildman–Crippen MR) is 133 cm³/mol. The number of hydrogen-bond donors (Lipinski definition) is 3. The van der Waals surface area contributed by atoms with E-state index < -0.39 is 5.82 Å². The zero-order valence-electron chi connectivity index (χ0n) is 19.0. The van der Waals surface area contributed by atoms with Gasteiger partial charge in [0.05, 0.1) is 11.0 Å². The number of para-hydroxylation sites is 1. The lowest BCUT2D eigenvalue weighted by molar-refractivity contribution is 0.449. The second-order valence-corrected chi connectivity index (χ2v) is 8.27.